The Hall–Kier alpha value is -1.73. The number of aromatic nitrogens is 2. The van der Waals surface area contributed by atoms with E-state index in [1.165, 1.54) is 0 Å². The molecule has 102 valence electrons. The molecule has 6 nitrogen and oxygen atoms in total. The van der Waals surface area contributed by atoms with Crippen molar-refractivity contribution >= 4 is 17.3 Å². The molecule has 2 aromatic heterocycles. The quantitative estimate of drug-likeness (QED) is 0.616. The van der Waals surface area contributed by atoms with Gasteiger partial charge in [0.2, 0.25) is 11.7 Å². The Morgan fingerprint density at radius 2 is 2.47 bits per heavy atom. The van der Waals surface area contributed by atoms with Crippen LogP contribution in [0.4, 0.5) is 0 Å². The third-order valence-electron chi connectivity index (χ3n) is 2.30. The molecular formula is C12H15N3O3S. The van der Waals surface area contributed by atoms with Crippen LogP contribution in [0.25, 0.3) is 10.7 Å². The number of nitrogens with one attached hydrogen (secondary N) is 1. The summed E-state index contributed by atoms with van der Waals surface area (Å²) in [7, 11) is 0. The molecule has 0 bridgehead atoms. The van der Waals surface area contributed by atoms with Gasteiger partial charge in [-0.05, 0) is 18.4 Å². The summed E-state index contributed by atoms with van der Waals surface area (Å²) in [5.41, 5.74) is 0. The molecule has 0 saturated carbocycles. The Kier molecular flexibility index (Phi) is 5.05. The average Bonchev–Trinajstić information content (AvgIpc) is 3.05. The van der Waals surface area contributed by atoms with E-state index in [9.17, 15) is 4.79 Å². The molecule has 2 heterocycles. The lowest BCUT2D eigenvalue weighted by Crippen LogP contribution is -2.19. The molecule has 0 amide bonds. The SMILES string of the molecule is CCOC(=O)CCNCc1nc(-c2cccs2)no1. The highest BCUT2D eigenvalue weighted by atomic mass is 32.1. The van der Waals surface area contributed by atoms with Gasteiger partial charge in [-0.25, -0.2) is 0 Å². The van der Waals surface area contributed by atoms with Crippen molar-refractivity contribution in [3.8, 4) is 10.7 Å². The molecule has 0 spiro atoms. The van der Waals surface area contributed by atoms with Gasteiger partial charge in [0.05, 0.1) is 24.4 Å². The van der Waals surface area contributed by atoms with Crippen LogP contribution in [-0.4, -0.2) is 29.3 Å². The number of hydrogen-bond acceptors (Lipinski definition) is 7. The highest BCUT2D eigenvalue weighted by molar-refractivity contribution is 7.13. The molecule has 0 radical (unpaired) electrons. The zero-order valence-corrected chi connectivity index (χ0v) is 11.4. The fourth-order valence-corrected chi connectivity index (χ4v) is 2.10. The summed E-state index contributed by atoms with van der Waals surface area (Å²) in [5.74, 6) is 0.893. The zero-order valence-electron chi connectivity index (χ0n) is 10.6. The first-order valence-corrected chi connectivity index (χ1v) is 6.90. The van der Waals surface area contributed by atoms with Crippen LogP contribution in [0.3, 0.4) is 0 Å². The minimum Gasteiger partial charge on any atom is -0.466 e. The number of nitrogens with zero attached hydrogens (tertiary/aromatic N) is 2. The summed E-state index contributed by atoms with van der Waals surface area (Å²) >= 11 is 1.56. The minimum atomic E-state index is -0.209. The maximum Gasteiger partial charge on any atom is 0.307 e. The van der Waals surface area contributed by atoms with Crippen LogP contribution in [0, 0.1) is 0 Å². The van der Waals surface area contributed by atoms with Crippen molar-refractivity contribution in [2.45, 2.75) is 19.9 Å². The van der Waals surface area contributed by atoms with Crippen LogP contribution in [0.5, 0.6) is 0 Å². The maximum atomic E-state index is 11.1. The first kappa shape index (κ1) is 13.7. The van der Waals surface area contributed by atoms with Crippen molar-refractivity contribution < 1.29 is 14.1 Å². The van der Waals surface area contributed by atoms with Gasteiger partial charge in [0.15, 0.2) is 0 Å². The van der Waals surface area contributed by atoms with E-state index >= 15 is 0 Å². The average molecular weight is 281 g/mol. The van der Waals surface area contributed by atoms with Gasteiger partial charge in [-0.15, -0.1) is 11.3 Å². The summed E-state index contributed by atoms with van der Waals surface area (Å²) in [5, 5.41) is 8.91. The number of carbonyl (C=O) groups is 1. The predicted molar refractivity (Wildman–Crippen MR) is 70.6 cm³/mol. The molecule has 0 atom stereocenters. The second-order valence-electron chi connectivity index (χ2n) is 3.72. The normalized spacial score (nSPS) is 10.6. The lowest BCUT2D eigenvalue weighted by molar-refractivity contribution is -0.142. The summed E-state index contributed by atoms with van der Waals surface area (Å²) in [4.78, 5) is 16.3. The molecule has 0 fully saturated rings. The van der Waals surface area contributed by atoms with Gasteiger partial charge >= 0.3 is 5.97 Å². The second kappa shape index (κ2) is 7.01. The third kappa shape index (κ3) is 4.15. The van der Waals surface area contributed by atoms with E-state index in [4.69, 9.17) is 9.26 Å². The molecule has 0 aliphatic carbocycles. The van der Waals surface area contributed by atoms with Crippen molar-refractivity contribution in [2.75, 3.05) is 13.2 Å². The smallest absolute Gasteiger partial charge is 0.307 e. The predicted octanol–water partition coefficient (Wildman–Crippen LogP) is 1.84. The Bertz CT molecular complexity index is 510. The number of thiophene rings is 1. The molecule has 1 N–H and O–H groups in total. The molecule has 7 heteroatoms. The first-order valence-electron chi connectivity index (χ1n) is 6.02. The van der Waals surface area contributed by atoms with E-state index in [-0.39, 0.29) is 5.97 Å². The lowest BCUT2D eigenvalue weighted by atomic mass is 10.4. The van der Waals surface area contributed by atoms with Crippen LogP contribution in [-0.2, 0) is 16.1 Å². The molecule has 0 aliphatic heterocycles. The zero-order chi connectivity index (χ0) is 13.5. The van der Waals surface area contributed by atoms with Crippen molar-refractivity contribution in [2.24, 2.45) is 0 Å². The Balaban J connectivity index is 1.74. The topological polar surface area (TPSA) is 77.2 Å². The van der Waals surface area contributed by atoms with Gasteiger partial charge in [0.25, 0.3) is 0 Å². The van der Waals surface area contributed by atoms with Gasteiger partial charge < -0.3 is 14.6 Å². The number of rotatable bonds is 7. The third-order valence-corrected chi connectivity index (χ3v) is 3.16. The first-order chi connectivity index (χ1) is 9.29. The summed E-state index contributed by atoms with van der Waals surface area (Å²) in [6.07, 6.45) is 0.333. The molecule has 2 aromatic rings. The van der Waals surface area contributed by atoms with Crippen LogP contribution >= 0.6 is 11.3 Å². The highest BCUT2D eigenvalue weighted by Crippen LogP contribution is 2.20. The summed E-state index contributed by atoms with van der Waals surface area (Å²) in [6.45, 7) is 3.16. The highest BCUT2D eigenvalue weighted by Gasteiger charge is 2.09. The molecule has 0 aromatic carbocycles. The number of hydrogen-bond donors (Lipinski definition) is 1. The fourth-order valence-electron chi connectivity index (χ4n) is 1.45. The van der Waals surface area contributed by atoms with Crippen molar-refractivity contribution in [1.29, 1.82) is 0 Å². The van der Waals surface area contributed by atoms with Crippen molar-refractivity contribution in [1.82, 2.24) is 15.5 Å². The van der Waals surface area contributed by atoms with Gasteiger partial charge in [-0.2, -0.15) is 4.98 Å². The molecule has 2 rings (SSSR count). The number of ether oxygens (including phenoxy) is 1. The Labute approximate surface area is 114 Å². The number of esters is 1. The molecular weight excluding hydrogens is 266 g/mol. The molecule has 19 heavy (non-hydrogen) atoms. The Morgan fingerprint density at radius 1 is 1.58 bits per heavy atom. The van der Waals surface area contributed by atoms with Crippen LogP contribution in [0.1, 0.15) is 19.2 Å². The van der Waals surface area contributed by atoms with Gasteiger partial charge in [0, 0.05) is 6.54 Å². The lowest BCUT2D eigenvalue weighted by Gasteiger charge is -2.01. The van der Waals surface area contributed by atoms with E-state index in [0.717, 1.165) is 4.88 Å². The van der Waals surface area contributed by atoms with Crippen LogP contribution < -0.4 is 5.32 Å². The van der Waals surface area contributed by atoms with Crippen LogP contribution in [0.2, 0.25) is 0 Å². The van der Waals surface area contributed by atoms with E-state index in [1.54, 1.807) is 18.3 Å². The van der Waals surface area contributed by atoms with Crippen molar-refractivity contribution in [3.63, 3.8) is 0 Å². The molecule has 0 unspecified atom stereocenters. The van der Waals surface area contributed by atoms with Gasteiger partial charge in [0.1, 0.15) is 0 Å². The maximum absolute atomic E-state index is 11.1. The molecule has 0 aliphatic rings. The largest absolute Gasteiger partial charge is 0.466 e. The van der Waals surface area contributed by atoms with E-state index in [0.29, 0.717) is 37.8 Å². The monoisotopic (exact) mass is 281 g/mol. The van der Waals surface area contributed by atoms with Crippen molar-refractivity contribution in [3.05, 3.63) is 23.4 Å². The van der Waals surface area contributed by atoms with E-state index in [1.807, 2.05) is 17.5 Å². The second-order valence-corrected chi connectivity index (χ2v) is 4.67. The molecule has 0 saturated heterocycles. The summed E-state index contributed by atoms with van der Waals surface area (Å²) < 4.78 is 9.93. The van der Waals surface area contributed by atoms with Crippen LogP contribution in [0.15, 0.2) is 22.0 Å². The number of carbonyl (C=O) groups excluding carboxylic acids is 1. The van der Waals surface area contributed by atoms with E-state index < -0.39 is 0 Å². The van der Waals surface area contributed by atoms with E-state index in [2.05, 4.69) is 15.5 Å². The standard InChI is InChI=1S/C12H15N3O3S/c1-2-17-11(16)5-6-13-8-10-14-12(15-18-10)9-4-3-7-19-9/h3-4,7,13H,2,5-6,8H2,1H3. The Morgan fingerprint density at radius 3 is 3.21 bits per heavy atom. The minimum absolute atomic E-state index is 0.209. The van der Waals surface area contributed by atoms with Gasteiger partial charge in [-0.3, -0.25) is 4.79 Å². The van der Waals surface area contributed by atoms with Gasteiger partial charge in [-0.1, -0.05) is 11.2 Å². The fraction of sp³-hybridized carbons (Fsp3) is 0.417. The summed E-state index contributed by atoms with van der Waals surface area (Å²) in [6, 6.07) is 3.88.